The molecule has 0 aromatic heterocycles. The van der Waals surface area contributed by atoms with Gasteiger partial charge in [0.25, 0.3) is 0 Å². The summed E-state index contributed by atoms with van der Waals surface area (Å²) in [5.41, 5.74) is 7.05. The normalized spacial score (nSPS) is 11.6. The molecule has 0 saturated heterocycles. The van der Waals surface area contributed by atoms with Gasteiger partial charge < -0.3 is 15.8 Å². The van der Waals surface area contributed by atoms with E-state index in [4.69, 9.17) is 10.5 Å². The van der Waals surface area contributed by atoms with Gasteiger partial charge in [0.2, 0.25) is 0 Å². The van der Waals surface area contributed by atoms with Gasteiger partial charge in [0, 0.05) is 10.0 Å². The SMILES string of the molecule is COc1ccc(Br)cc1CCNCCC(C)(C)N. The molecule has 0 heterocycles. The van der Waals surface area contributed by atoms with Gasteiger partial charge in [0.15, 0.2) is 0 Å². The van der Waals surface area contributed by atoms with Crippen LogP contribution in [0.25, 0.3) is 0 Å². The van der Waals surface area contributed by atoms with Gasteiger partial charge in [-0.3, -0.25) is 0 Å². The third-order valence-electron chi connectivity index (χ3n) is 2.76. The van der Waals surface area contributed by atoms with E-state index in [1.807, 2.05) is 26.0 Å². The molecule has 1 aromatic carbocycles. The van der Waals surface area contributed by atoms with Crippen LogP contribution in [-0.2, 0) is 6.42 Å². The molecular formula is C14H23BrN2O. The van der Waals surface area contributed by atoms with Crippen molar-refractivity contribution in [2.24, 2.45) is 5.73 Å². The first-order valence-corrected chi connectivity index (χ1v) is 7.04. The van der Waals surface area contributed by atoms with E-state index in [9.17, 15) is 0 Å². The number of methoxy groups -OCH3 is 1. The fourth-order valence-electron chi connectivity index (χ4n) is 1.70. The Kier molecular flexibility index (Phi) is 6.12. The Balaban J connectivity index is 2.37. The molecule has 0 amide bonds. The molecule has 18 heavy (non-hydrogen) atoms. The molecule has 0 radical (unpaired) electrons. The molecule has 0 aliphatic carbocycles. The molecule has 4 heteroatoms. The second-order valence-corrected chi connectivity index (χ2v) is 6.11. The van der Waals surface area contributed by atoms with E-state index in [0.717, 1.165) is 36.2 Å². The van der Waals surface area contributed by atoms with Crippen LogP contribution in [0.2, 0.25) is 0 Å². The minimum absolute atomic E-state index is 0.0968. The highest BCUT2D eigenvalue weighted by molar-refractivity contribution is 9.10. The predicted molar refractivity (Wildman–Crippen MR) is 80.2 cm³/mol. The van der Waals surface area contributed by atoms with Crippen molar-refractivity contribution in [3.05, 3.63) is 28.2 Å². The molecule has 102 valence electrons. The van der Waals surface area contributed by atoms with E-state index < -0.39 is 0 Å². The molecule has 0 atom stereocenters. The molecule has 3 nitrogen and oxygen atoms in total. The zero-order chi connectivity index (χ0) is 13.6. The van der Waals surface area contributed by atoms with Crippen molar-refractivity contribution in [1.82, 2.24) is 5.32 Å². The van der Waals surface area contributed by atoms with E-state index in [-0.39, 0.29) is 5.54 Å². The van der Waals surface area contributed by atoms with Crippen LogP contribution in [0.5, 0.6) is 5.75 Å². The van der Waals surface area contributed by atoms with Crippen molar-refractivity contribution in [3.8, 4) is 5.75 Å². The lowest BCUT2D eigenvalue weighted by Crippen LogP contribution is -2.36. The van der Waals surface area contributed by atoms with Crippen LogP contribution in [-0.4, -0.2) is 25.7 Å². The second kappa shape index (κ2) is 7.12. The van der Waals surface area contributed by atoms with Gasteiger partial charge >= 0.3 is 0 Å². The van der Waals surface area contributed by atoms with E-state index >= 15 is 0 Å². The molecule has 0 spiro atoms. The quantitative estimate of drug-likeness (QED) is 0.761. The summed E-state index contributed by atoms with van der Waals surface area (Å²) in [6.07, 6.45) is 1.93. The number of ether oxygens (including phenoxy) is 1. The number of rotatable bonds is 7. The Bertz CT molecular complexity index is 375. The molecular weight excluding hydrogens is 292 g/mol. The molecule has 0 aliphatic heterocycles. The lowest BCUT2D eigenvalue weighted by molar-refractivity contribution is 0.408. The largest absolute Gasteiger partial charge is 0.496 e. The molecule has 0 aliphatic rings. The monoisotopic (exact) mass is 314 g/mol. The fourth-order valence-corrected chi connectivity index (χ4v) is 2.11. The van der Waals surface area contributed by atoms with Crippen LogP contribution in [0.1, 0.15) is 25.8 Å². The maximum absolute atomic E-state index is 5.93. The molecule has 0 saturated carbocycles. The summed E-state index contributed by atoms with van der Waals surface area (Å²) in [4.78, 5) is 0. The first kappa shape index (κ1) is 15.5. The molecule has 0 fully saturated rings. The first-order chi connectivity index (χ1) is 8.42. The van der Waals surface area contributed by atoms with E-state index in [1.54, 1.807) is 7.11 Å². The van der Waals surface area contributed by atoms with Crippen molar-refractivity contribution >= 4 is 15.9 Å². The van der Waals surface area contributed by atoms with E-state index in [2.05, 4.69) is 27.3 Å². The van der Waals surface area contributed by atoms with Gasteiger partial charge in [-0.1, -0.05) is 15.9 Å². The average Bonchev–Trinajstić information content (AvgIpc) is 2.27. The molecule has 1 rings (SSSR count). The van der Waals surface area contributed by atoms with Gasteiger partial charge in [-0.2, -0.15) is 0 Å². The summed E-state index contributed by atoms with van der Waals surface area (Å²) >= 11 is 3.48. The number of nitrogens with two attached hydrogens (primary N) is 1. The Morgan fingerprint density at radius 2 is 2.06 bits per heavy atom. The first-order valence-electron chi connectivity index (χ1n) is 6.24. The highest BCUT2D eigenvalue weighted by Gasteiger charge is 2.09. The average molecular weight is 315 g/mol. The Hall–Kier alpha value is -0.580. The summed E-state index contributed by atoms with van der Waals surface area (Å²) in [5, 5.41) is 3.41. The van der Waals surface area contributed by atoms with Crippen molar-refractivity contribution in [1.29, 1.82) is 0 Å². The number of halogens is 1. The van der Waals surface area contributed by atoms with Crippen LogP contribution in [0, 0.1) is 0 Å². The van der Waals surface area contributed by atoms with Gasteiger partial charge in [-0.15, -0.1) is 0 Å². The summed E-state index contributed by atoms with van der Waals surface area (Å²) in [5.74, 6) is 0.944. The zero-order valence-electron chi connectivity index (χ0n) is 11.4. The smallest absolute Gasteiger partial charge is 0.122 e. The lowest BCUT2D eigenvalue weighted by Gasteiger charge is -2.18. The van der Waals surface area contributed by atoms with Crippen molar-refractivity contribution in [3.63, 3.8) is 0 Å². The highest BCUT2D eigenvalue weighted by Crippen LogP contribution is 2.23. The molecule has 3 N–H and O–H groups in total. The number of hydrogen-bond donors (Lipinski definition) is 2. The fraction of sp³-hybridized carbons (Fsp3) is 0.571. The van der Waals surface area contributed by atoms with Crippen molar-refractivity contribution in [2.45, 2.75) is 32.2 Å². The van der Waals surface area contributed by atoms with Gasteiger partial charge in [0.05, 0.1) is 7.11 Å². The lowest BCUT2D eigenvalue weighted by atomic mass is 10.0. The van der Waals surface area contributed by atoms with E-state index in [0.29, 0.717) is 0 Å². The van der Waals surface area contributed by atoms with E-state index in [1.165, 1.54) is 5.56 Å². The Morgan fingerprint density at radius 1 is 1.33 bits per heavy atom. The third-order valence-corrected chi connectivity index (χ3v) is 3.25. The van der Waals surface area contributed by atoms with Gasteiger partial charge in [-0.05, 0) is 63.5 Å². The minimum Gasteiger partial charge on any atom is -0.496 e. The second-order valence-electron chi connectivity index (χ2n) is 5.19. The predicted octanol–water partition coefficient (Wildman–Crippen LogP) is 2.72. The summed E-state index contributed by atoms with van der Waals surface area (Å²) in [6.45, 7) is 5.97. The standard InChI is InChI=1S/C14H23BrN2O/c1-14(2,16)7-9-17-8-6-11-10-12(15)4-5-13(11)18-3/h4-5,10,17H,6-9,16H2,1-3H3. The highest BCUT2D eigenvalue weighted by atomic mass is 79.9. The zero-order valence-corrected chi connectivity index (χ0v) is 13.0. The third kappa shape index (κ3) is 5.85. The van der Waals surface area contributed by atoms with Crippen LogP contribution in [0.15, 0.2) is 22.7 Å². The Labute approximate surface area is 118 Å². The van der Waals surface area contributed by atoms with Crippen molar-refractivity contribution < 1.29 is 4.74 Å². The maximum Gasteiger partial charge on any atom is 0.122 e. The molecule has 0 bridgehead atoms. The number of nitrogens with one attached hydrogen (secondary N) is 1. The summed E-state index contributed by atoms with van der Waals surface area (Å²) in [7, 11) is 1.71. The van der Waals surface area contributed by atoms with Gasteiger partial charge in [0.1, 0.15) is 5.75 Å². The topological polar surface area (TPSA) is 47.3 Å². The minimum atomic E-state index is -0.0968. The van der Waals surface area contributed by atoms with Crippen LogP contribution < -0.4 is 15.8 Å². The number of benzene rings is 1. The Morgan fingerprint density at radius 3 is 2.67 bits per heavy atom. The maximum atomic E-state index is 5.93. The van der Waals surface area contributed by atoms with Gasteiger partial charge in [-0.25, -0.2) is 0 Å². The number of hydrogen-bond acceptors (Lipinski definition) is 3. The summed E-state index contributed by atoms with van der Waals surface area (Å²) in [6, 6.07) is 6.09. The van der Waals surface area contributed by atoms with Crippen LogP contribution >= 0.6 is 15.9 Å². The van der Waals surface area contributed by atoms with Crippen molar-refractivity contribution in [2.75, 3.05) is 20.2 Å². The van der Waals surface area contributed by atoms with Crippen LogP contribution in [0.4, 0.5) is 0 Å². The molecule has 0 unspecified atom stereocenters. The molecule has 1 aromatic rings. The summed E-state index contributed by atoms with van der Waals surface area (Å²) < 4.78 is 6.43. The van der Waals surface area contributed by atoms with Crippen LogP contribution in [0.3, 0.4) is 0 Å².